The lowest BCUT2D eigenvalue weighted by Crippen LogP contribution is -2.24. The Kier molecular flexibility index (Phi) is 3.34. The number of carbonyl (C=O) groups excluding carboxylic acids is 1. The number of nitrogens with zero attached hydrogens (tertiary/aromatic N) is 4. The fourth-order valence-electron chi connectivity index (χ4n) is 1.23. The molecule has 0 aliphatic heterocycles. The van der Waals surface area contributed by atoms with E-state index in [0.29, 0.717) is 10.8 Å². The molecule has 1 N–H and O–H groups in total. The van der Waals surface area contributed by atoms with Crippen molar-refractivity contribution in [1.82, 2.24) is 25.5 Å². The molecule has 0 aliphatic carbocycles. The molecule has 0 aliphatic rings. The van der Waals surface area contributed by atoms with E-state index in [1.165, 1.54) is 4.80 Å². The van der Waals surface area contributed by atoms with Crippen molar-refractivity contribution < 1.29 is 4.79 Å². The predicted molar refractivity (Wildman–Crippen MR) is 62.3 cm³/mol. The Balaban J connectivity index is 2.18. The van der Waals surface area contributed by atoms with Crippen molar-refractivity contribution in [3.8, 4) is 11.4 Å². The van der Waals surface area contributed by atoms with Crippen molar-refractivity contribution in [2.45, 2.75) is 6.54 Å². The summed E-state index contributed by atoms with van der Waals surface area (Å²) in [5.74, 6) is 0.288. The maximum absolute atomic E-state index is 11.1. The Morgan fingerprint density at radius 3 is 2.76 bits per heavy atom. The molecule has 2 aromatic rings. The maximum Gasteiger partial charge on any atom is 0.243 e. The molecule has 1 heterocycles. The number of rotatable bonds is 3. The first-order chi connectivity index (χ1) is 8.19. The van der Waals surface area contributed by atoms with Gasteiger partial charge in [-0.1, -0.05) is 11.6 Å². The van der Waals surface area contributed by atoms with Crippen LogP contribution in [-0.2, 0) is 11.3 Å². The largest absolute Gasteiger partial charge is 0.358 e. The van der Waals surface area contributed by atoms with Gasteiger partial charge in [-0.25, -0.2) is 0 Å². The highest BCUT2D eigenvalue weighted by molar-refractivity contribution is 6.30. The summed E-state index contributed by atoms with van der Waals surface area (Å²) >= 11 is 5.78. The second-order valence-electron chi connectivity index (χ2n) is 3.32. The zero-order valence-electron chi connectivity index (χ0n) is 9.09. The van der Waals surface area contributed by atoms with Gasteiger partial charge < -0.3 is 5.32 Å². The molecule has 0 fully saturated rings. The normalized spacial score (nSPS) is 10.2. The summed E-state index contributed by atoms with van der Waals surface area (Å²) in [5.41, 5.74) is 0.803. The third-order valence-electron chi connectivity index (χ3n) is 2.12. The third kappa shape index (κ3) is 2.79. The summed E-state index contributed by atoms with van der Waals surface area (Å²) in [6, 6.07) is 7.08. The van der Waals surface area contributed by atoms with Gasteiger partial charge in [-0.3, -0.25) is 4.79 Å². The summed E-state index contributed by atoms with van der Waals surface area (Å²) in [5, 5.41) is 14.9. The van der Waals surface area contributed by atoms with Crippen LogP contribution in [0.15, 0.2) is 24.3 Å². The van der Waals surface area contributed by atoms with Gasteiger partial charge in [0.1, 0.15) is 6.54 Å². The second kappa shape index (κ2) is 4.92. The number of aromatic nitrogens is 4. The highest BCUT2D eigenvalue weighted by Gasteiger charge is 2.07. The number of carbonyl (C=O) groups is 1. The monoisotopic (exact) mass is 251 g/mol. The molecule has 1 aromatic carbocycles. The van der Waals surface area contributed by atoms with Crippen LogP contribution in [0.2, 0.25) is 5.02 Å². The van der Waals surface area contributed by atoms with Gasteiger partial charge in [0.2, 0.25) is 11.7 Å². The fourth-order valence-corrected chi connectivity index (χ4v) is 1.36. The van der Waals surface area contributed by atoms with Crippen molar-refractivity contribution in [3.05, 3.63) is 29.3 Å². The van der Waals surface area contributed by atoms with Gasteiger partial charge in [-0.15, -0.1) is 10.2 Å². The molecule has 1 amide bonds. The quantitative estimate of drug-likeness (QED) is 0.873. The minimum absolute atomic E-state index is 0.0527. The van der Waals surface area contributed by atoms with Crippen molar-refractivity contribution in [1.29, 1.82) is 0 Å². The minimum Gasteiger partial charge on any atom is -0.358 e. The van der Waals surface area contributed by atoms with Crippen LogP contribution >= 0.6 is 11.6 Å². The van der Waals surface area contributed by atoms with Crippen LogP contribution in [-0.4, -0.2) is 33.2 Å². The lowest BCUT2D eigenvalue weighted by Gasteiger charge is -1.96. The van der Waals surface area contributed by atoms with Gasteiger partial charge in [0.15, 0.2) is 0 Å². The van der Waals surface area contributed by atoms with Gasteiger partial charge in [0, 0.05) is 17.6 Å². The number of benzene rings is 1. The molecule has 7 heteroatoms. The standard InChI is InChI=1S/C10H10ClN5O/c1-12-9(17)6-16-14-10(13-15-16)7-2-4-8(11)5-3-7/h2-5H,6H2,1H3,(H,12,17). The van der Waals surface area contributed by atoms with E-state index in [9.17, 15) is 4.79 Å². The van der Waals surface area contributed by atoms with E-state index < -0.39 is 0 Å². The highest BCUT2D eigenvalue weighted by Crippen LogP contribution is 2.16. The van der Waals surface area contributed by atoms with Crippen LogP contribution < -0.4 is 5.32 Å². The molecule has 0 atom stereocenters. The zero-order chi connectivity index (χ0) is 12.3. The van der Waals surface area contributed by atoms with Crippen LogP contribution in [0.3, 0.4) is 0 Å². The lowest BCUT2D eigenvalue weighted by atomic mass is 10.2. The van der Waals surface area contributed by atoms with E-state index in [1.54, 1.807) is 31.3 Å². The van der Waals surface area contributed by atoms with Crippen LogP contribution in [0.1, 0.15) is 0 Å². The van der Waals surface area contributed by atoms with Crippen LogP contribution in [0.25, 0.3) is 11.4 Å². The van der Waals surface area contributed by atoms with Crippen molar-refractivity contribution in [2.24, 2.45) is 0 Å². The molecule has 0 radical (unpaired) electrons. The molecule has 6 nitrogen and oxygen atoms in total. The molecule has 0 saturated carbocycles. The SMILES string of the molecule is CNC(=O)Cn1nnc(-c2ccc(Cl)cc2)n1. The molecule has 2 rings (SSSR count). The average Bonchev–Trinajstić information content (AvgIpc) is 2.78. The fraction of sp³-hybridized carbons (Fsp3) is 0.200. The topological polar surface area (TPSA) is 72.7 Å². The molecule has 0 spiro atoms. The Morgan fingerprint density at radius 2 is 2.12 bits per heavy atom. The third-order valence-corrected chi connectivity index (χ3v) is 2.37. The molecule has 1 aromatic heterocycles. The van der Waals surface area contributed by atoms with E-state index in [2.05, 4.69) is 20.7 Å². The number of amides is 1. The number of tetrazole rings is 1. The van der Waals surface area contributed by atoms with Crippen molar-refractivity contribution in [3.63, 3.8) is 0 Å². The van der Waals surface area contributed by atoms with E-state index >= 15 is 0 Å². The number of hydrogen-bond acceptors (Lipinski definition) is 4. The van der Waals surface area contributed by atoms with Gasteiger partial charge in [0.25, 0.3) is 0 Å². The molecule has 0 unspecified atom stereocenters. The van der Waals surface area contributed by atoms with Crippen LogP contribution in [0.5, 0.6) is 0 Å². The summed E-state index contributed by atoms with van der Waals surface area (Å²) in [6.45, 7) is 0.0527. The maximum atomic E-state index is 11.1. The summed E-state index contributed by atoms with van der Waals surface area (Å²) in [6.07, 6.45) is 0. The predicted octanol–water partition coefficient (Wildman–Crippen LogP) is 0.739. The zero-order valence-corrected chi connectivity index (χ0v) is 9.85. The first-order valence-electron chi connectivity index (χ1n) is 4.93. The Hall–Kier alpha value is -1.95. The summed E-state index contributed by atoms with van der Waals surface area (Å²) < 4.78 is 0. The number of hydrogen-bond donors (Lipinski definition) is 1. The molecular weight excluding hydrogens is 242 g/mol. The number of likely N-dealkylation sites (N-methyl/N-ethyl adjacent to an activating group) is 1. The highest BCUT2D eigenvalue weighted by atomic mass is 35.5. The van der Waals surface area contributed by atoms with Gasteiger partial charge >= 0.3 is 0 Å². The second-order valence-corrected chi connectivity index (χ2v) is 3.76. The Bertz CT molecular complexity index is 522. The van der Waals surface area contributed by atoms with E-state index in [4.69, 9.17) is 11.6 Å². The van der Waals surface area contributed by atoms with Gasteiger partial charge in [-0.2, -0.15) is 4.80 Å². The van der Waals surface area contributed by atoms with Crippen LogP contribution in [0, 0.1) is 0 Å². The van der Waals surface area contributed by atoms with E-state index in [-0.39, 0.29) is 12.5 Å². The van der Waals surface area contributed by atoms with Crippen molar-refractivity contribution >= 4 is 17.5 Å². The molecular formula is C10H10ClN5O. The lowest BCUT2D eigenvalue weighted by molar-refractivity contribution is -0.121. The summed E-state index contributed by atoms with van der Waals surface area (Å²) in [4.78, 5) is 12.4. The van der Waals surface area contributed by atoms with Crippen LogP contribution in [0.4, 0.5) is 0 Å². The molecule has 88 valence electrons. The number of nitrogens with one attached hydrogen (secondary N) is 1. The van der Waals surface area contributed by atoms with E-state index in [0.717, 1.165) is 5.56 Å². The minimum atomic E-state index is -0.176. The number of halogens is 1. The average molecular weight is 252 g/mol. The molecule has 17 heavy (non-hydrogen) atoms. The smallest absolute Gasteiger partial charge is 0.243 e. The first-order valence-corrected chi connectivity index (χ1v) is 5.31. The van der Waals surface area contributed by atoms with Gasteiger partial charge in [0.05, 0.1) is 0 Å². The Morgan fingerprint density at radius 1 is 1.41 bits per heavy atom. The van der Waals surface area contributed by atoms with E-state index in [1.807, 2.05) is 0 Å². The first kappa shape index (κ1) is 11.5. The Labute approximate surface area is 103 Å². The summed E-state index contributed by atoms with van der Waals surface area (Å²) in [7, 11) is 1.55. The van der Waals surface area contributed by atoms with Gasteiger partial charge in [-0.05, 0) is 29.5 Å². The molecule has 0 bridgehead atoms. The molecule has 0 saturated heterocycles. The van der Waals surface area contributed by atoms with Crippen molar-refractivity contribution in [2.75, 3.05) is 7.05 Å².